The number of ether oxygens (including phenoxy) is 1. The third-order valence-electron chi connectivity index (χ3n) is 5.62. The number of hydrogen-bond acceptors (Lipinski definition) is 6. The summed E-state index contributed by atoms with van der Waals surface area (Å²) >= 11 is 6.10. The fraction of sp³-hybridized carbons (Fsp3) is 0.208. The number of anilines is 1. The van der Waals surface area contributed by atoms with Crippen LogP contribution < -0.4 is 10.1 Å². The van der Waals surface area contributed by atoms with Crippen LogP contribution in [0.2, 0.25) is 5.02 Å². The van der Waals surface area contributed by atoms with Crippen LogP contribution in [0.5, 0.6) is 5.88 Å². The Morgan fingerprint density at radius 1 is 1.18 bits per heavy atom. The number of carbonyl (C=O) groups excluding carboxylic acids is 1. The highest BCUT2D eigenvalue weighted by Crippen LogP contribution is 2.48. The molecule has 33 heavy (non-hydrogen) atoms. The van der Waals surface area contributed by atoms with Crippen molar-refractivity contribution in [1.82, 2.24) is 25.6 Å². The van der Waals surface area contributed by atoms with E-state index in [-0.39, 0.29) is 17.7 Å². The Hall–Kier alpha value is -3.78. The van der Waals surface area contributed by atoms with Gasteiger partial charge >= 0.3 is 0 Å². The quantitative estimate of drug-likeness (QED) is 0.413. The summed E-state index contributed by atoms with van der Waals surface area (Å²) in [6.07, 6.45) is 2.54. The molecule has 1 fully saturated rings. The molecule has 5 rings (SSSR count). The molecular formula is C24H21ClN6O2. The summed E-state index contributed by atoms with van der Waals surface area (Å²) in [5.41, 5.74) is 4.23. The summed E-state index contributed by atoms with van der Waals surface area (Å²) in [6.45, 7) is 2.46. The molecular weight excluding hydrogens is 440 g/mol. The molecule has 1 amide bonds. The highest BCUT2D eigenvalue weighted by molar-refractivity contribution is 6.30. The average molecular weight is 461 g/mol. The molecule has 9 heteroatoms. The predicted molar refractivity (Wildman–Crippen MR) is 125 cm³/mol. The summed E-state index contributed by atoms with van der Waals surface area (Å²) in [6, 6.07) is 17.1. The van der Waals surface area contributed by atoms with Crippen LogP contribution in [0.3, 0.4) is 0 Å². The number of aromatic nitrogens is 5. The van der Waals surface area contributed by atoms with E-state index in [1.165, 1.54) is 0 Å². The van der Waals surface area contributed by atoms with Gasteiger partial charge in [0.1, 0.15) is 0 Å². The number of hydrogen-bond donors (Lipinski definition) is 2. The first-order chi connectivity index (χ1) is 16.1. The first-order valence-electron chi connectivity index (χ1n) is 10.7. The zero-order valence-electron chi connectivity index (χ0n) is 17.8. The number of H-pyrrole nitrogens is 1. The van der Waals surface area contributed by atoms with E-state index in [2.05, 4.69) is 30.9 Å². The maximum atomic E-state index is 12.9. The number of carbonyl (C=O) groups is 1. The van der Waals surface area contributed by atoms with Gasteiger partial charge in [-0.2, -0.15) is 5.21 Å². The molecule has 2 N–H and O–H groups in total. The number of nitrogens with one attached hydrogen (secondary N) is 2. The van der Waals surface area contributed by atoms with Gasteiger partial charge in [-0.05, 0) is 65.9 Å². The van der Waals surface area contributed by atoms with E-state index < -0.39 is 0 Å². The van der Waals surface area contributed by atoms with Crippen molar-refractivity contribution in [2.24, 2.45) is 5.92 Å². The molecule has 1 aliphatic rings. The second-order valence-electron chi connectivity index (χ2n) is 7.81. The number of pyridine rings is 1. The zero-order valence-corrected chi connectivity index (χ0v) is 18.6. The molecule has 166 valence electrons. The second kappa shape index (κ2) is 8.99. The van der Waals surface area contributed by atoms with E-state index >= 15 is 0 Å². The lowest BCUT2D eigenvalue weighted by atomic mass is 9.99. The maximum absolute atomic E-state index is 12.9. The van der Waals surface area contributed by atoms with Crippen LogP contribution in [0.25, 0.3) is 22.5 Å². The predicted octanol–water partition coefficient (Wildman–Crippen LogP) is 4.72. The Balaban J connectivity index is 1.38. The number of nitrogens with zero attached hydrogens (tertiary/aromatic N) is 4. The monoisotopic (exact) mass is 460 g/mol. The van der Waals surface area contributed by atoms with Crippen LogP contribution >= 0.6 is 11.6 Å². The van der Waals surface area contributed by atoms with Crippen molar-refractivity contribution < 1.29 is 9.53 Å². The van der Waals surface area contributed by atoms with Gasteiger partial charge in [0.2, 0.25) is 17.6 Å². The van der Waals surface area contributed by atoms with Crippen molar-refractivity contribution in [3.63, 3.8) is 0 Å². The van der Waals surface area contributed by atoms with Gasteiger partial charge in [-0.25, -0.2) is 4.98 Å². The number of aromatic amines is 1. The Bertz CT molecular complexity index is 1280. The minimum absolute atomic E-state index is 0.0190. The normalized spacial score (nSPS) is 16.9. The van der Waals surface area contributed by atoms with Crippen LogP contribution in [0, 0.1) is 5.92 Å². The van der Waals surface area contributed by atoms with Crippen molar-refractivity contribution in [1.29, 1.82) is 0 Å². The summed E-state index contributed by atoms with van der Waals surface area (Å²) in [4.78, 5) is 17.2. The molecule has 4 aromatic rings. The van der Waals surface area contributed by atoms with Crippen molar-refractivity contribution in [2.45, 2.75) is 19.3 Å². The summed E-state index contributed by atoms with van der Waals surface area (Å²) in [7, 11) is 0. The number of halogens is 1. The van der Waals surface area contributed by atoms with E-state index in [4.69, 9.17) is 16.3 Å². The lowest BCUT2D eigenvalue weighted by Crippen LogP contribution is -2.14. The molecule has 2 aromatic carbocycles. The fourth-order valence-electron chi connectivity index (χ4n) is 3.93. The molecule has 0 bridgehead atoms. The minimum atomic E-state index is -0.0768. The maximum Gasteiger partial charge on any atom is 0.228 e. The third-order valence-corrected chi connectivity index (χ3v) is 5.85. The van der Waals surface area contributed by atoms with Crippen LogP contribution in [-0.2, 0) is 4.79 Å². The molecule has 1 aliphatic carbocycles. The SMILES string of the molecule is CCOc1ccc(-c2ccc(NC(=O)C3CC3c3cccc(Cl)c3)cc2-c2nn[nH]n2)cn1. The summed E-state index contributed by atoms with van der Waals surface area (Å²) in [5.74, 6) is 1.08. The van der Waals surface area contributed by atoms with Gasteiger partial charge in [-0.1, -0.05) is 29.8 Å². The fourth-order valence-corrected chi connectivity index (χ4v) is 4.13. The van der Waals surface area contributed by atoms with Gasteiger partial charge < -0.3 is 10.1 Å². The van der Waals surface area contributed by atoms with Gasteiger partial charge in [0.25, 0.3) is 0 Å². The number of benzene rings is 2. The Morgan fingerprint density at radius 2 is 2.09 bits per heavy atom. The van der Waals surface area contributed by atoms with Crippen molar-refractivity contribution in [3.8, 4) is 28.4 Å². The van der Waals surface area contributed by atoms with E-state index in [0.717, 1.165) is 28.7 Å². The molecule has 0 saturated heterocycles. The van der Waals surface area contributed by atoms with Crippen molar-refractivity contribution >= 4 is 23.2 Å². The number of amides is 1. The van der Waals surface area contributed by atoms with Gasteiger partial charge in [0, 0.05) is 40.0 Å². The molecule has 1 saturated carbocycles. The molecule has 2 aromatic heterocycles. The molecule has 0 radical (unpaired) electrons. The standard InChI is InChI=1S/C24H21ClN6O2/c1-2-33-22-9-6-15(13-26-22)18-8-7-17(11-20(18)23-28-30-31-29-23)27-24(32)21-12-19(21)14-4-3-5-16(25)10-14/h3-11,13,19,21H,2,12H2,1H3,(H,27,32)(H,28,29,30,31). The molecule has 0 aliphatic heterocycles. The highest BCUT2D eigenvalue weighted by Gasteiger charge is 2.44. The van der Waals surface area contributed by atoms with Gasteiger partial charge in [-0.3, -0.25) is 4.79 Å². The van der Waals surface area contributed by atoms with Crippen molar-refractivity contribution in [2.75, 3.05) is 11.9 Å². The van der Waals surface area contributed by atoms with Crippen LogP contribution in [0.4, 0.5) is 5.69 Å². The van der Waals surface area contributed by atoms with E-state index in [1.54, 1.807) is 6.20 Å². The van der Waals surface area contributed by atoms with Crippen LogP contribution in [-0.4, -0.2) is 38.1 Å². The van der Waals surface area contributed by atoms with E-state index in [1.807, 2.05) is 61.5 Å². The van der Waals surface area contributed by atoms with Gasteiger partial charge in [-0.15, -0.1) is 10.2 Å². The van der Waals surface area contributed by atoms with Gasteiger partial charge in [0.05, 0.1) is 6.61 Å². The Morgan fingerprint density at radius 3 is 2.82 bits per heavy atom. The Kier molecular flexibility index (Phi) is 5.75. The van der Waals surface area contributed by atoms with E-state index in [9.17, 15) is 4.79 Å². The number of rotatable bonds is 7. The van der Waals surface area contributed by atoms with Gasteiger partial charge in [0.15, 0.2) is 0 Å². The first-order valence-corrected chi connectivity index (χ1v) is 11.0. The smallest absolute Gasteiger partial charge is 0.228 e. The van der Waals surface area contributed by atoms with E-state index in [0.29, 0.717) is 29.0 Å². The highest BCUT2D eigenvalue weighted by atomic mass is 35.5. The third kappa shape index (κ3) is 4.56. The molecule has 2 unspecified atom stereocenters. The summed E-state index contributed by atoms with van der Waals surface area (Å²) < 4.78 is 5.43. The van der Waals surface area contributed by atoms with Crippen LogP contribution in [0.1, 0.15) is 24.8 Å². The van der Waals surface area contributed by atoms with Crippen molar-refractivity contribution in [3.05, 3.63) is 71.4 Å². The zero-order chi connectivity index (χ0) is 22.8. The topological polar surface area (TPSA) is 106 Å². The first kappa shape index (κ1) is 21.1. The largest absolute Gasteiger partial charge is 0.478 e. The molecule has 2 atom stereocenters. The molecule has 2 heterocycles. The van der Waals surface area contributed by atoms with Crippen LogP contribution in [0.15, 0.2) is 60.8 Å². The average Bonchev–Trinajstić information content (AvgIpc) is 3.45. The lowest BCUT2D eigenvalue weighted by Gasteiger charge is -2.11. The second-order valence-corrected chi connectivity index (χ2v) is 8.24. The Labute approximate surface area is 195 Å². The molecule has 0 spiro atoms. The molecule has 8 nitrogen and oxygen atoms in total. The number of tetrazole rings is 1. The lowest BCUT2D eigenvalue weighted by molar-refractivity contribution is -0.117. The summed E-state index contributed by atoms with van der Waals surface area (Å²) in [5, 5.41) is 18.1. The minimum Gasteiger partial charge on any atom is -0.478 e.